The highest BCUT2D eigenvalue weighted by Gasteiger charge is 2.22. The highest BCUT2D eigenvalue weighted by molar-refractivity contribution is 7.46. The van der Waals surface area contributed by atoms with Crippen molar-refractivity contribution in [2.45, 2.75) is 219 Å². The summed E-state index contributed by atoms with van der Waals surface area (Å²) in [6.45, 7) is 3.66. The van der Waals surface area contributed by atoms with Gasteiger partial charge in [0.05, 0.1) is 6.61 Å². The number of allylic oxidation sites excluding steroid dienone is 6. The van der Waals surface area contributed by atoms with E-state index in [0.717, 1.165) is 70.6 Å². The highest BCUT2D eigenvalue weighted by atomic mass is 31.2. The predicted molar refractivity (Wildman–Crippen MR) is 221 cm³/mol. The summed E-state index contributed by atoms with van der Waals surface area (Å²) in [5.74, 6) is -0.895. The zero-order valence-corrected chi connectivity index (χ0v) is 35.1. The SMILES string of the molecule is CCCCC/C=C\C/C=C\CCCCCCCCCCCC(=O)OC[C@H](COP(=O)(O)O)OC(=O)CCCCCCC/C=C\CCCCCCCCC. The molecule has 0 aromatic rings. The van der Waals surface area contributed by atoms with Gasteiger partial charge in [-0.1, -0.05) is 166 Å². The summed E-state index contributed by atoms with van der Waals surface area (Å²) in [5, 5.41) is 0. The average molecular weight is 769 g/mol. The Kier molecular flexibility index (Phi) is 38.6. The number of phosphoric ester groups is 1. The summed E-state index contributed by atoms with van der Waals surface area (Å²) in [6, 6.07) is 0. The Bertz CT molecular complexity index is 957. The monoisotopic (exact) mass is 769 g/mol. The van der Waals surface area contributed by atoms with E-state index in [9.17, 15) is 14.2 Å². The van der Waals surface area contributed by atoms with E-state index in [1.807, 2.05) is 0 Å². The zero-order chi connectivity index (χ0) is 38.9. The van der Waals surface area contributed by atoms with Crippen LogP contribution in [0.4, 0.5) is 0 Å². The van der Waals surface area contributed by atoms with Crippen LogP contribution in [0.15, 0.2) is 36.5 Å². The van der Waals surface area contributed by atoms with Gasteiger partial charge in [0.2, 0.25) is 0 Å². The van der Waals surface area contributed by atoms with Gasteiger partial charge in [-0.25, -0.2) is 4.57 Å². The van der Waals surface area contributed by atoms with Gasteiger partial charge in [0.1, 0.15) is 6.61 Å². The minimum atomic E-state index is -4.76. The van der Waals surface area contributed by atoms with E-state index < -0.39 is 32.5 Å². The normalized spacial score (nSPS) is 12.8. The molecule has 0 aliphatic carbocycles. The lowest BCUT2D eigenvalue weighted by Crippen LogP contribution is -2.29. The van der Waals surface area contributed by atoms with Crippen molar-refractivity contribution in [2.24, 2.45) is 0 Å². The maximum atomic E-state index is 12.4. The summed E-state index contributed by atoms with van der Waals surface area (Å²) in [6.07, 6.45) is 47.2. The first-order valence-electron chi connectivity index (χ1n) is 21.8. The molecule has 0 aliphatic heterocycles. The molecule has 310 valence electrons. The third kappa shape index (κ3) is 42.9. The van der Waals surface area contributed by atoms with Crippen LogP contribution in [0.2, 0.25) is 0 Å². The van der Waals surface area contributed by atoms with Crippen LogP contribution in [-0.2, 0) is 28.2 Å². The lowest BCUT2D eigenvalue weighted by atomic mass is 10.1. The number of hydrogen-bond donors (Lipinski definition) is 2. The molecular formula is C44H81O8P. The van der Waals surface area contributed by atoms with E-state index in [4.69, 9.17) is 19.3 Å². The van der Waals surface area contributed by atoms with E-state index in [1.165, 1.54) is 109 Å². The van der Waals surface area contributed by atoms with Crippen LogP contribution in [0.25, 0.3) is 0 Å². The summed E-state index contributed by atoms with van der Waals surface area (Å²) in [5.41, 5.74) is 0. The fraction of sp³-hybridized carbons (Fsp3) is 0.818. The van der Waals surface area contributed by atoms with Crippen LogP contribution < -0.4 is 0 Å². The molecule has 0 radical (unpaired) electrons. The molecule has 0 saturated carbocycles. The summed E-state index contributed by atoms with van der Waals surface area (Å²) >= 11 is 0. The Morgan fingerprint density at radius 3 is 1.30 bits per heavy atom. The van der Waals surface area contributed by atoms with Crippen molar-refractivity contribution in [1.82, 2.24) is 0 Å². The van der Waals surface area contributed by atoms with Gasteiger partial charge in [-0.2, -0.15) is 0 Å². The molecule has 9 heteroatoms. The number of esters is 2. The largest absolute Gasteiger partial charge is 0.469 e. The molecule has 0 amide bonds. The van der Waals surface area contributed by atoms with Crippen molar-refractivity contribution < 1.29 is 37.9 Å². The van der Waals surface area contributed by atoms with E-state index in [-0.39, 0.29) is 19.4 Å². The van der Waals surface area contributed by atoms with E-state index in [2.05, 4.69) is 54.8 Å². The van der Waals surface area contributed by atoms with Crippen molar-refractivity contribution >= 4 is 19.8 Å². The number of unbranched alkanes of at least 4 members (excludes halogenated alkanes) is 24. The molecule has 0 aromatic carbocycles. The molecular weight excluding hydrogens is 687 g/mol. The van der Waals surface area contributed by atoms with Crippen molar-refractivity contribution in [1.29, 1.82) is 0 Å². The molecule has 0 bridgehead atoms. The first kappa shape index (κ1) is 51.3. The van der Waals surface area contributed by atoms with Crippen LogP contribution in [0.3, 0.4) is 0 Å². The molecule has 2 N–H and O–H groups in total. The van der Waals surface area contributed by atoms with Gasteiger partial charge in [0, 0.05) is 12.8 Å². The standard InChI is InChI=1S/C44H81O8P/c1-3-5-7-9-11-13-15-17-19-21-22-23-25-26-28-30-32-34-36-38-43(45)50-40-42(41-51-53(47,48)49)52-44(46)39-37-35-33-31-29-27-24-20-18-16-14-12-10-8-6-4-2/h11,13,17,19-20,24,42H,3-10,12,14-16,18,21-23,25-41H2,1-2H3,(H2,47,48,49)/b13-11-,19-17-,24-20-/t42-/m1/s1. The first-order valence-corrected chi connectivity index (χ1v) is 23.3. The Morgan fingerprint density at radius 2 is 0.849 bits per heavy atom. The number of carbonyl (C=O) groups excluding carboxylic acids is 2. The lowest BCUT2D eigenvalue weighted by molar-refractivity contribution is -0.161. The smallest absolute Gasteiger partial charge is 0.462 e. The number of rotatable bonds is 40. The van der Waals surface area contributed by atoms with Crippen molar-refractivity contribution in [2.75, 3.05) is 13.2 Å². The minimum absolute atomic E-state index is 0.202. The summed E-state index contributed by atoms with van der Waals surface area (Å²) in [4.78, 5) is 42.9. The van der Waals surface area contributed by atoms with Crippen LogP contribution in [0.5, 0.6) is 0 Å². The zero-order valence-electron chi connectivity index (χ0n) is 34.2. The first-order chi connectivity index (χ1) is 25.8. The Balaban J connectivity index is 3.90. The fourth-order valence-corrected chi connectivity index (χ4v) is 6.46. The maximum absolute atomic E-state index is 12.4. The third-order valence-electron chi connectivity index (χ3n) is 9.38. The summed E-state index contributed by atoms with van der Waals surface area (Å²) < 4.78 is 26.4. The Labute approximate surface area is 325 Å². The number of hydrogen-bond acceptors (Lipinski definition) is 6. The molecule has 0 saturated heterocycles. The van der Waals surface area contributed by atoms with Gasteiger partial charge in [-0.15, -0.1) is 0 Å². The highest BCUT2D eigenvalue weighted by Crippen LogP contribution is 2.36. The van der Waals surface area contributed by atoms with Crippen LogP contribution in [0.1, 0.15) is 213 Å². The van der Waals surface area contributed by atoms with Crippen molar-refractivity contribution in [3.63, 3.8) is 0 Å². The topological polar surface area (TPSA) is 119 Å². The number of phosphoric acid groups is 1. The quantitative estimate of drug-likeness (QED) is 0.0274. The van der Waals surface area contributed by atoms with Gasteiger partial charge in [-0.3, -0.25) is 14.1 Å². The number of carbonyl (C=O) groups is 2. The molecule has 0 aromatic heterocycles. The molecule has 8 nitrogen and oxygen atoms in total. The van der Waals surface area contributed by atoms with Gasteiger partial charge >= 0.3 is 19.8 Å². The predicted octanol–water partition coefficient (Wildman–Crippen LogP) is 13.4. The molecule has 0 aliphatic rings. The molecule has 0 rings (SSSR count). The second-order valence-electron chi connectivity index (χ2n) is 14.7. The molecule has 0 unspecified atom stereocenters. The lowest BCUT2D eigenvalue weighted by Gasteiger charge is -2.18. The Hall–Kier alpha value is -1.73. The fourth-order valence-electron chi connectivity index (χ4n) is 6.10. The van der Waals surface area contributed by atoms with Gasteiger partial charge in [-0.05, 0) is 70.6 Å². The number of ether oxygens (including phenoxy) is 2. The molecule has 0 heterocycles. The minimum Gasteiger partial charge on any atom is -0.462 e. The van der Waals surface area contributed by atoms with E-state index in [1.54, 1.807) is 0 Å². The average Bonchev–Trinajstić information content (AvgIpc) is 3.13. The van der Waals surface area contributed by atoms with Gasteiger partial charge < -0.3 is 19.3 Å². The second kappa shape index (κ2) is 39.9. The van der Waals surface area contributed by atoms with Gasteiger partial charge in [0.15, 0.2) is 6.10 Å². The van der Waals surface area contributed by atoms with Crippen LogP contribution in [-0.4, -0.2) is 41.0 Å². The van der Waals surface area contributed by atoms with Crippen molar-refractivity contribution in [3.8, 4) is 0 Å². The van der Waals surface area contributed by atoms with Crippen molar-refractivity contribution in [3.05, 3.63) is 36.5 Å². The molecule has 53 heavy (non-hydrogen) atoms. The molecule has 0 fully saturated rings. The second-order valence-corrected chi connectivity index (χ2v) is 15.9. The Morgan fingerprint density at radius 1 is 0.491 bits per heavy atom. The third-order valence-corrected chi connectivity index (χ3v) is 9.87. The summed E-state index contributed by atoms with van der Waals surface area (Å²) in [7, 11) is -4.76. The molecule has 0 spiro atoms. The molecule has 1 atom stereocenters. The van der Waals surface area contributed by atoms with Crippen LogP contribution in [0, 0.1) is 0 Å². The van der Waals surface area contributed by atoms with Crippen LogP contribution >= 0.6 is 7.82 Å². The van der Waals surface area contributed by atoms with E-state index >= 15 is 0 Å². The maximum Gasteiger partial charge on any atom is 0.469 e. The van der Waals surface area contributed by atoms with E-state index in [0.29, 0.717) is 6.42 Å². The van der Waals surface area contributed by atoms with Gasteiger partial charge in [0.25, 0.3) is 0 Å².